The lowest BCUT2D eigenvalue weighted by Gasteiger charge is -2.09. The van der Waals surface area contributed by atoms with Crippen LogP contribution < -0.4 is 0 Å². The van der Waals surface area contributed by atoms with Crippen molar-refractivity contribution in [2.45, 2.75) is 51.9 Å². The van der Waals surface area contributed by atoms with Crippen LogP contribution in [0.1, 0.15) is 72.6 Å². The molecule has 0 aliphatic rings. The molecule has 2 aromatic carbocycles. The standard InChI is InChI=1S/C21H26O4/c1-2-3-4-5-6-7-8-15-25-21(24)18-14-10-12-16-11-9-13-17(19(16)18)20(22)23/h9-14H,2-8,15H2,1H3,(H,22,23). The Labute approximate surface area is 148 Å². The van der Waals surface area contributed by atoms with Crippen LogP contribution in [0.5, 0.6) is 0 Å². The van der Waals surface area contributed by atoms with Gasteiger partial charge in [-0.3, -0.25) is 0 Å². The highest BCUT2D eigenvalue weighted by molar-refractivity contribution is 6.12. The van der Waals surface area contributed by atoms with Gasteiger partial charge in [0.15, 0.2) is 0 Å². The summed E-state index contributed by atoms with van der Waals surface area (Å²) in [6.07, 6.45) is 8.07. The Bertz CT molecular complexity index is 716. The number of hydrogen-bond acceptors (Lipinski definition) is 3. The highest BCUT2D eigenvalue weighted by Crippen LogP contribution is 2.24. The van der Waals surface area contributed by atoms with Gasteiger partial charge in [0.1, 0.15) is 0 Å². The van der Waals surface area contributed by atoms with Crippen LogP contribution in [0.15, 0.2) is 36.4 Å². The zero-order valence-electron chi connectivity index (χ0n) is 14.8. The molecule has 1 N–H and O–H groups in total. The van der Waals surface area contributed by atoms with E-state index in [0.717, 1.165) is 24.6 Å². The Morgan fingerprint density at radius 2 is 1.48 bits per heavy atom. The minimum absolute atomic E-state index is 0.126. The molecule has 0 aliphatic heterocycles. The van der Waals surface area contributed by atoms with Gasteiger partial charge in [-0.1, -0.05) is 69.7 Å². The van der Waals surface area contributed by atoms with Crippen molar-refractivity contribution < 1.29 is 19.4 Å². The molecule has 2 rings (SSSR count). The fraction of sp³-hybridized carbons (Fsp3) is 0.429. The summed E-state index contributed by atoms with van der Waals surface area (Å²) in [5, 5.41) is 10.5. The summed E-state index contributed by atoms with van der Waals surface area (Å²) in [7, 11) is 0. The van der Waals surface area contributed by atoms with Crippen LogP contribution in [0.25, 0.3) is 10.8 Å². The normalized spacial score (nSPS) is 10.8. The monoisotopic (exact) mass is 342 g/mol. The van der Waals surface area contributed by atoms with E-state index in [1.165, 1.54) is 31.7 Å². The summed E-state index contributed by atoms with van der Waals surface area (Å²) < 4.78 is 5.37. The number of hydrogen-bond donors (Lipinski definition) is 1. The fourth-order valence-electron chi connectivity index (χ4n) is 2.99. The molecule has 0 spiro atoms. The van der Waals surface area contributed by atoms with Gasteiger partial charge in [-0.05, 0) is 23.9 Å². The van der Waals surface area contributed by atoms with Crippen LogP contribution in [0.2, 0.25) is 0 Å². The van der Waals surface area contributed by atoms with Crippen molar-refractivity contribution >= 4 is 22.7 Å². The van der Waals surface area contributed by atoms with Crippen molar-refractivity contribution in [2.24, 2.45) is 0 Å². The van der Waals surface area contributed by atoms with Crippen LogP contribution in [0.3, 0.4) is 0 Å². The zero-order chi connectivity index (χ0) is 18.1. The molecular weight excluding hydrogens is 316 g/mol. The van der Waals surface area contributed by atoms with Crippen molar-refractivity contribution in [1.29, 1.82) is 0 Å². The Morgan fingerprint density at radius 3 is 2.12 bits per heavy atom. The van der Waals surface area contributed by atoms with Crippen molar-refractivity contribution in [3.05, 3.63) is 47.5 Å². The van der Waals surface area contributed by atoms with Crippen molar-refractivity contribution in [1.82, 2.24) is 0 Å². The molecule has 0 aromatic heterocycles. The lowest BCUT2D eigenvalue weighted by molar-refractivity contribution is 0.0500. The number of unbranched alkanes of at least 4 members (excludes halogenated alkanes) is 6. The predicted octanol–water partition coefficient (Wildman–Crippen LogP) is 5.45. The molecule has 0 bridgehead atoms. The van der Waals surface area contributed by atoms with Gasteiger partial charge in [0.25, 0.3) is 0 Å². The van der Waals surface area contributed by atoms with Gasteiger partial charge in [0, 0.05) is 5.39 Å². The molecule has 0 amide bonds. The van der Waals surface area contributed by atoms with E-state index in [9.17, 15) is 14.7 Å². The largest absolute Gasteiger partial charge is 0.478 e. The molecule has 0 aliphatic carbocycles. The second kappa shape index (κ2) is 9.82. The van der Waals surface area contributed by atoms with Crippen LogP contribution in [0.4, 0.5) is 0 Å². The van der Waals surface area contributed by atoms with Gasteiger partial charge in [-0.2, -0.15) is 0 Å². The third-order valence-electron chi connectivity index (χ3n) is 4.34. The second-order valence-electron chi connectivity index (χ2n) is 6.27. The molecule has 0 saturated carbocycles. The first kappa shape index (κ1) is 19.0. The van der Waals surface area contributed by atoms with Crippen LogP contribution in [-0.4, -0.2) is 23.7 Å². The lowest BCUT2D eigenvalue weighted by Crippen LogP contribution is -2.09. The Hall–Kier alpha value is -2.36. The first-order valence-corrected chi connectivity index (χ1v) is 9.07. The van der Waals surface area contributed by atoms with E-state index in [-0.39, 0.29) is 5.56 Å². The molecule has 2 aromatic rings. The lowest BCUT2D eigenvalue weighted by atomic mass is 9.99. The number of ether oxygens (including phenoxy) is 1. The van der Waals surface area contributed by atoms with E-state index in [4.69, 9.17) is 4.74 Å². The number of fused-ring (bicyclic) bond motifs is 1. The molecule has 0 heterocycles. The number of rotatable bonds is 10. The van der Waals surface area contributed by atoms with E-state index in [0.29, 0.717) is 17.6 Å². The summed E-state index contributed by atoms with van der Waals surface area (Å²) in [5.74, 6) is -1.50. The maximum atomic E-state index is 12.4. The molecule has 134 valence electrons. The van der Waals surface area contributed by atoms with E-state index in [2.05, 4.69) is 6.92 Å². The van der Waals surface area contributed by atoms with Crippen molar-refractivity contribution in [3.8, 4) is 0 Å². The predicted molar refractivity (Wildman–Crippen MR) is 99.2 cm³/mol. The van der Waals surface area contributed by atoms with Crippen LogP contribution in [0, 0.1) is 0 Å². The molecule has 0 fully saturated rings. The fourth-order valence-corrected chi connectivity index (χ4v) is 2.99. The van der Waals surface area contributed by atoms with Gasteiger partial charge >= 0.3 is 11.9 Å². The number of carboxylic acid groups (broad SMARTS) is 1. The van der Waals surface area contributed by atoms with E-state index < -0.39 is 11.9 Å². The summed E-state index contributed by atoms with van der Waals surface area (Å²) in [6, 6.07) is 10.2. The molecule has 4 heteroatoms. The van der Waals surface area contributed by atoms with Crippen LogP contribution >= 0.6 is 0 Å². The number of carbonyl (C=O) groups excluding carboxylic acids is 1. The first-order valence-electron chi connectivity index (χ1n) is 9.07. The maximum Gasteiger partial charge on any atom is 0.338 e. The van der Waals surface area contributed by atoms with Gasteiger partial charge in [-0.25, -0.2) is 9.59 Å². The number of esters is 1. The van der Waals surface area contributed by atoms with Crippen LogP contribution in [-0.2, 0) is 4.74 Å². The number of benzene rings is 2. The first-order chi connectivity index (χ1) is 12.1. The summed E-state index contributed by atoms with van der Waals surface area (Å²) in [6.45, 7) is 2.57. The number of aromatic carboxylic acids is 1. The summed E-state index contributed by atoms with van der Waals surface area (Å²) in [5.41, 5.74) is 0.444. The van der Waals surface area contributed by atoms with Crippen molar-refractivity contribution in [2.75, 3.05) is 6.61 Å². The summed E-state index contributed by atoms with van der Waals surface area (Å²) in [4.78, 5) is 23.8. The third kappa shape index (κ3) is 5.31. The minimum Gasteiger partial charge on any atom is -0.478 e. The molecule has 0 unspecified atom stereocenters. The average molecular weight is 342 g/mol. The van der Waals surface area contributed by atoms with E-state index in [1.807, 2.05) is 0 Å². The van der Waals surface area contributed by atoms with E-state index in [1.54, 1.807) is 30.3 Å². The van der Waals surface area contributed by atoms with Gasteiger partial charge in [-0.15, -0.1) is 0 Å². The minimum atomic E-state index is -1.04. The topological polar surface area (TPSA) is 63.6 Å². The van der Waals surface area contributed by atoms with Crippen molar-refractivity contribution in [3.63, 3.8) is 0 Å². The molecular formula is C21H26O4. The average Bonchev–Trinajstić information content (AvgIpc) is 2.62. The van der Waals surface area contributed by atoms with E-state index >= 15 is 0 Å². The SMILES string of the molecule is CCCCCCCCCOC(=O)c1cccc2cccc(C(=O)O)c12. The third-order valence-corrected chi connectivity index (χ3v) is 4.34. The molecule has 4 nitrogen and oxygen atoms in total. The maximum absolute atomic E-state index is 12.4. The second-order valence-corrected chi connectivity index (χ2v) is 6.27. The molecule has 25 heavy (non-hydrogen) atoms. The Balaban J connectivity index is 1.95. The quantitative estimate of drug-likeness (QED) is 0.461. The molecule has 0 atom stereocenters. The Kier molecular flexibility index (Phi) is 7.45. The van der Waals surface area contributed by atoms with Gasteiger partial charge < -0.3 is 9.84 Å². The smallest absolute Gasteiger partial charge is 0.338 e. The van der Waals surface area contributed by atoms with Gasteiger partial charge in [0.05, 0.1) is 17.7 Å². The zero-order valence-corrected chi connectivity index (χ0v) is 14.8. The Morgan fingerprint density at radius 1 is 0.880 bits per heavy atom. The molecule has 0 saturated heterocycles. The summed E-state index contributed by atoms with van der Waals surface area (Å²) >= 11 is 0. The van der Waals surface area contributed by atoms with Gasteiger partial charge in [0.2, 0.25) is 0 Å². The molecule has 0 radical (unpaired) electrons. The highest BCUT2D eigenvalue weighted by Gasteiger charge is 2.17. The number of carboxylic acids is 1. The number of carbonyl (C=O) groups is 2. The highest BCUT2D eigenvalue weighted by atomic mass is 16.5.